The predicted molar refractivity (Wildman–Crippen MR) is 89.8 cm³/mol. The van der Waals surface area contributed by atoms with E-state index in [0.29, 0.717) is 0 Å². The van der Waals surface area contributed by atoms with Crippen LogP contribution in [0.15, 0.2) is 53.4 Å². The molecule has 1 aliphatic heterocycles. The molecule has 20 heavy (non-hydrogen) atoms. The van der Waals surface area contributed by atoms with Gasteiger partial charge in [-0.15, -0.1) is 24.2 Å². The van der Waals surface area contributed by atoms with Gasteiger partial charge in [-0.3, -0.25) is 0 Å². The van der Waals surface area contributed by atoms with Crippen LogP contribution in [0.1, 0.15) is 36.5 Å². The first-order chi connectivity index (χ1) is 9.07. The second-order valence-corrected chi connectivity index (χ2v) is 6.80. The molecule has 1 atom stereocenters. The zero-order valence-electron chi connectivity index (χ0n) is 11.8. The van der Waals surface area contributed by atoms with Crippen molar-refractivity contribution in [3.05, 3.63) is 65.2 Å². The van der Waals surface area contributed by atoms with Gasteiger partial charge in [0.25, 0.3) is 0 Å². The summed E-state index contributed by atoms with van der Waals surface area (Å²) in [7, 11) is 0. The maximum Gasteiger partial charge on any atom is 0.0278 e. The van der Waals surface area contributed by atoms with Crippen molar-refractivity contribution in [3.8, 4) is 0 Å². The smallest absolute Gasteiger partial charge is 0.0278 e. The van der Waals surface area contributed by atoms with Crippen molar-refractivity contribution in [2.75, 3.05) is 0 Å². The van der Waals surface area contributed by atoms with Crippen molar-refractivity contribution in [3.63, 3.8) is 0 Å². The van der Waals surface area contributed by atoms with Gasteiger partial charge in [-0.05, 0) is 36.6 Å². The highest BCUT2D eigenvalue weighted by Crippen LogP contribution is 2.44. The zero-order chi connectivity index (χ0) is 13.5. The standard InChI is InChI=1S/C17H19NS.ClH/c1-17(2,18)16-13-8-4-3-7-12(13)11-19-15-10-6-5-9-14(15)16;/h3-10,16H,11,18H2,1-2H3;1H. The van der Waals surface area contributed by atoms with Crippen LogP contribution in [-0.2, 0) is 5.75 Å². The van der Waals surface area contributed by atoms with E-state index >= 15 is 0 Å². The number of fused-ring (bicyclic) bond motifs is 2. The third-order valence-corrected chi connectivity index (χ3v) is 4.86. The van der Waals surface area contributed by atoms with E-state index in [1.807, 2.05) is 11.8 Å². The van der Waals surface area contributed by atoms with Crippen molar-refractivity contribution >= 4 is 24.2 Å². The van der Waals surface area contributed by atoms with E-state index in [1.165, 1.54) is 21.6 Å². The molecule has 2 N–H and O–H groups in total. The molecule has 1 aliphatic rings. The quantitative estimate of drug-likeness (QED) is 0.834. The average Bonchev–Trinajstić information content (AvgIpc) is 2.54. The fraction of sp³-hybridized carbons (Fsp3) is 0.294. The van der Waals surface area contributed by atoms with Gasteiger partial charge in [0.2, 0.25) is 0 Å². The number of thioether (sulfide) groups is 1. The molecular weight excluding hydrogens is 286 g/mol. The van der Waals surface area contributed by atoms with E-state index in [0.717, 1.165) is 5.75 Å². The Balaban J connectivity index is 0.00000147. The molecule has 0 aliphatic carbocycles. The first-order valence-electron chi connectivity index (χ1n) is 6.66. The summed E-state index contributed by atoms with van der Waals surface area (Å²) < 4.78 is 0. The van der Waals surface area contributed by atoms with E-state index in [4.69, 9.17) is 5.73 Å². The van der Waals surface area contributed by atoms with Crippen LogP contribution in [0.3, 0.4) is 0 Å². The highest BCUT2D eigenvalue weighted by Gasteiger charge is 2.33. The molecule has 0 bridgehead atoms. The normalized spacial score (nSPS) is 17.4. The molecule has 0 amide bonds. The highest BCUT2D eigenvalue weighted by molar-refractivity contribution is 7.98. The SMILES string of the molecule is CC(C)(N)C1c2ccccc2CSc2ccccc21.Cl. The van der Waals surface area contributed by atoms with Crippen LogP contribution in [0.2, 0.25) is 0 Å². The van der Waals surface area contributed by atoms with Crippen LogP contribution >= 0.6 is 24.2 Å². The number of nitrogens with two attached hydrogens (primary N) is 1. The Morgan fingerprint density at radius 2 is 1.60 bits per heavy atom. The largest absolute Gasteiger partial charge is 0.325 e. The molecular formula is C17H20ClNS. The average molecular weight is 306 g/mol. The summed E-state index contributed by atoms with van der Waals surface area (Å²) in [6.07, 6.45) is 0. The summed E-state index contributed by atoms with van der Waals surface area (Å²) in [5.74, 6) is 1.29. The lowest BCUT2D eigenvalue weighted by molar-refractivity contribution is 0.452. The Morgan fingerprint density at radius 3 is 2.30 bits per heavy atom. The highest BCUT2D eigenvalue weighted by atomic mass is 35.5. The number of rotatable bonds is 1. The van der Waals surface area contributed by atoms with Crippen molar-refractivity contribution < 1.29 is 0 Å². The van der Waals surface area contributed by atoms with Gasteiger partial charge < -0.3 is 5.73 Å². The van der Waals surface area contributed by atoms with Crippen LogP contribution in [0.25, 0.3) is 0 Å². The second-order valence-electron chi connectivity index (χ2n) is 5.78. The van der Waals surface area contributed by atoms with Crippen molar-refractivity contribution in [1.82, 2.24) is 0 Å². The molecule has 1 heterocycles. The topological polar surface area (TPSA) is 26.0 Å². The Kier molecular flexibility index (Phi) is 4.48. The van der Waals surface area contributed by atoms with Gasteiger partial charge in [0.05, 0.1) is 0 Å². The van der Waals surface area contributed by atoms with Gasteiger partial charge in [0.15, 0.2) is 0 Å². The maximum atomic E-state index is 6.50. The minimum atomic E-state index is -0.267. The van der Waals surface area contributed by atoms with Crippen LogP contribution in [-0.4, -0.2) is 5.54 Å². The van der Waals surface area contributed by atoms with Crippen LogP contribution < -0.4 is 5.73 Å². The van der Waals surface area contributed by atoms with E-state index in [9.17, 15) is 0 Å². The first kappa shape index (κ1) is 15.4. The summed E-state index contributed by atoms with van der Waals surface area (Å²) in [5.41, 5.74) is 10.4. The van der Waals surface area contributed by atoms with Gasteiger partial charge in [0, 0.05) is 22.1 Å². The molecule has 2 aromatic carbocycles. The minimum absolute atomic E-state index is 0. The molecule has 0 spiro atoms. The third kappa shape index (κ3) is 2.73. The first-order valence-corrected chi connectivity index (χ1v) is 7.64. The van der Waals surface area contributed by atoms with Gasteiger partial charge in [-0.2, -0.15) is 0 Å². The summed E-state index contributed by atoms with van der Waals surface area (Å²) in [5, 5.41) is 0. The Labute approximate surface area is 131 Å². The second kappa shape index (κ2) is 5.80. The van der Waals surface area contributed by atoms with Gasteiger partial charge in [-0.1, -0.05) is 42.5 Å². The van der Waals surface area contributed by atoms with E-state index in [1.54, 1.807) is 0 Å². The number of hydrogen-bond donors (Lipinski definition) is 1. The van der Waals surface area contributed by atoms with Crippen molar-refractivity contribution in [2.24, 2.45) is 5.73 Å². The summed E-state index contributed by atoms with van der Waals surface area (Å²) in [6.45, 7) is 4.25. The van der Waals surface area contributed by atoms with Crippen LogP contribution in [0.5, 0.6) is 0 Å². The summed E-state index contributed by atoms with van der Waals surface area (Å²) >= 11 is 1.92. The molecule has 0 radical (unpaired) electrons. The zero-order valence-corrected chi connectivity index (χ0v) is 13.4. The lowest BCUT2D eigenvalue weighted by Gasteiger charge is -2.32. The van der Waals surface area contributed by atoms with Gasteiger partial charge in [0.1, 0.15) is 0 Å². The number of benzene rings is 2. The molecule has 0 fully saturated rings. The molecule has 0 saturated heterocycles. The number of hydrogen-bond acceptors (Lipinski definition) is 2. The monoisotopic (exact) mass is 305 g/mol. The van der Waals surface area contributed by atoms with Crippen molar-refractivity contribution in [1.29, 1.82) is 0 Å². The molecule has 2 aromatic rings. The minimum Gasteiger partial charge on any atom is -0.325 e. The van der Waals surface area contributed by atoms with E-state index in [2.05, 4.69) is 62.4 Å². The maximum absolute atomic E-state index is 6.50. The van der Waals surface area contributed by atoms with Gasteiger partial charge >= 0.3 is 0 Å². The number of halogens is 1. The fourth-order valence-electron chi connectivity index (χ4n) is 2.92. The van der Waals surface area contributed by atoms with Gasteiger partial charge in [-0.25, -0.2) is 0 Å². The molecule has 1 nitrogen and oxygen atoms in total. The molecule has 3 heteroatoms. The fourth-order valence-corrected chi connectivity index (χ4v) is 4.02. The van der Waals surface area contributed by atoms with Crippen molar-refractivity contribution in [2.45, 2.75) is 36.0 Å². The van der Waals surface area contributed by atoms with E-state index in [-0.39, 0.29) is 23.9 Å². The van der Waals surface area contributed by atoms with Crippen LogP contribution in [0.4, 0.5) is 0 Å². The predicted octanol–water partition coefficient (Wildman–Crippen LogP) is 4.58. The Bertz CT molecular complexity index is 556. The Hall–Kier alpha value is -0.960. The molecule has 0 aromatic heterocycles. The van der Waals surface area contributed by atoms with Crippen LogP contribution in [0, 0.1) is 0 Å². The third-order valence-electron chi connectivity index (χ3n) is 3.72. The molecule has 106 valence electrons. The van der Waals surface area contributed by atoms with E-state index < -0.39 is 0 Å². The molecule has 3 rings (SSSR count). The molecule has 0 saturated carbocycles. The molecule has 1 unspecified atom stereocenters. The Morgan fingerprint density at radius 1 is 1.00 bits per heavy atom. The summed E-state index contributed by atoms with van der Waals surface area (Å²) in [6, 6.07) is 17.4. The summed E-state index contributed by atoms with van der Waals surface area (Å²) in [4.78, 5) is 1.36. The lowest BCUT2D eigenvalue weighted by atomic mass is 9.76. The lowest BCUT2D eigenvalue weighted by Crippen LogP contribution is -2.40.